The van der Waals surface area contributed by atoms with Crippen molar-refractivity contribution in [2.45, 2.75) is 23.9 Å². The van der Waals surface area contributed by atoms with Gasteiger partial charge in [0.25, 0.3) is 5.69 Å². The van der Waals surface area contributed by atoms with Gasteiger partial charge in [0.1, 0.15) is 0 Å². The van der Waals surface area contributed by atoms with Crippen LogP contribution >= 0.6 is 11.8 Å². The molecule has 11 nitrogen and oxygen atoms in total. The summed E-state index contributed by atoms with van der Waals surface area (Å²) in [6.07, 6.45) is 0. The molecule has 1 N–H and O–H groups in total. The molecular formula is C26H26N6O5S2. The molecule has 0 fully saturated rings. The minimum Gasteiger partial charge on any atom is -0.325 e. The molecule has 1 aromatic heterocycles. The standard InChI is InChI=1S/C26H26N6O5S2/c1-17-7-5-8-18(2)24(17)31-25(19-9-6-10-22(15-19)39(36,37)30(3)4)28-29-26(31)38-16-23(33)27-20-11-13-21(14-12-20)32(34)35/h5-15H,16H2,1-4H3,(H,27,33). The number of non-ortho nitro benzene ring substituents is 1. The summed E-state index contributed by atoms with van der Waals surface area (Å²) in [5.74, 6) is 0.0989. The number of aromatic nitrogens is 3. The van der Waals surface area contributed by atoms with E-state index in [1.165, 1.54) is 56.2 Å². The van der Waals surface area contributed by atoms with Crippen molar-refractivity contribution in [3.63, 3.8) is 0 Å². The second kappa shape index (κ2) is 11.4. The van der Waals surface area contributed by atoms with Gasteiger partial charge in [-0.3, -0.25) is 19.5 Å². The molecule has 0 aliphatic heterocycles. The molecule has 0 saturated heterocycles. The number of benzene rings is 3. The van der Waals surface area contributed by atoms with E-state index in [1.54, 1.807) is 18.2 Å². The van der Waals surface area contributed by atoms with Crippen LogP contribution in [0, 0.1) is 24.0 Å². The summed E-state index contributed by atoms with van der Waals surface area (Å²) >= 11 is 1.17. The summed E-state index contributed by atoms with van der Waals surface area (Å²) in [5.41, 5.74) is 3.64. The molecule has 202 valence electrons. The summed E-state index contributed by atoms with van der Waals surface area (Å²) in [7, 11) is -0.733. The fourth-order valence-corrected chi connectivity index (χ4v) is 5.60. The average molecular weight is 567 g/mol. The number of nitrogens with one attached hydrogen (secondary N) is 1. The Morgan fingerprint density at radius 3 is 2.28 bits per heavy atom. The number of aryl methyl sites for hydroxylation is 2. The van der Waals surface area contributed by atoms with Gasteiger partial charge >= 0.3 is 0 Å². The van der Waals surface area contributed by atoms with Crippen molar-refractivity contribution < 1.29 is 18.1 Å². The molecule has 0 spiro atoms. The van der Waals surface area contributed by atoms with Gasteiger partial charge < -0.3 is 5.32 Å². The lowest BCUT2D eigenvalue weighted by Gasteiger charge is -2.16. The summed E-state index contributed by atoms with van der Waals surface area (Å²) in [6, 6.07) is 17.9. The maximum atomic E-state index is 12.8. The number of nitrogens with zero attached hydrogens (tertiary/aromatic N) is 5. The first-order chi connectivity index (χ1) is 18.5. The van der Waals surface area contributed by atoms with E-state index in [1.807, 2.05) is 36.6 Å². The second-order valence-corrected chi connectivity index (χ2v) is 11.9. The Morgan fingerprint density at radius 2 is 1.67 bits per heavy atom. The number of carbonyl (C=O) groups is 1. The topological polar surface area (TPSA) is 140 Å². The van der Waals surface area contributed by atoms with Crippen molar-refractivity contribution in [3.05, 3.63) is 88.0 Å². The van der Waals surface area contributed by atoms with Gasteiger partial charge in [-0.1, -0.05) is 42.1 Å². The van der Waals surface area contributed by atoms with Crippen LogP contribution in [0.25, 0.3) is 17.1 Å². The number of amides is 1. The van der Waals surface area contributed by atoms with Crippen molar-refractivity contribution in [3.8, 4) is 17.1 Å². The maximum absolute atomic E-state index is 12.8. The van der Waals surface area contributed by atoms with Crippen LogP contribution in [0.2, 0.25) is 0 Å². The summed E-state index contributed by atoms with van der Waals surface area (Å²) in [6.45, 7) is 3.91. The third-order valence-electron chi connectivity index (χ3n) is 5.86. The Kier molecular flexibility index (Phi) is 8.14. The van der Waals surface area contributed by atoms with E-state index < -0.39 is 14.9 Å². The number of para-hydroxylation sites is 1. The summed E-state index contributed by atoms with van der Waals surface area (Å²) in [5, 5.41) is 22.8. The zero-order valence-electron chi connectivity index (χ0n) is 21.7. The molecule has 1 amide bonds. The first-order valence-corrected chi connectivity index (χ1v) is 14.1. The molecule has 39 heavy (non-hydrogen) atoms. The second-order valence-electron chi connectivity index (χ2n) is 8.84. The number of nitro benzene ring substituents is 1. The minimum atomic E-state index is -3.67. The lowest BCUT2D eigenvalue weighted by molar-refractivity contribution is -0.384. The van der Waals surface area contributed by atoms with Crippen molar-refractivity contribution in [2.75, 3.05) is 25.2 Å². The van der Waals surface area contributed by atoms with Crippen LogP contribution in [-0.4, -0.2) is 58.2 Å². The lowest BCUT2D eigenvalue weighted by Crippen LogP contribution is -2.22. The van der Waals surface area contributed by atoms with E-state index in [0.29, 0.717) is 22.2 Å². The summed E-state index contributed by atoms with van der Waals surface area (Å²) in [4.78, 5) is 23.2. The third kappa shape index (κ3) is 6.00. The normalized spacial score (nSPS) is 11.5. The fourth-order valence-electron chi connectivity index (χ4n) is 3.91. The molecule has 0 bridgehead atoms. The molecule has 4 rings (SSSR count). The largest absolute Gasteiger partial charge is 0.325 e. The predicted molar refractivity (Wildman–Crippen MR) is 150 cm³/mol. The molecule has 0 radical (unpaired) electrons. The van der Waals surface area contributed by atoms with Crippen LogP contribution in [-0.2, 0) is 14.8 Å². The van der Waals surface area contributed by atoms with Crippen molar-refractivity contribution in [1.29, 1.82) is 0 Å². The van der Waals surface area contributed by atoms with Crippen LogP contribution in [0.1, 0.15) is 11.1 Å². The highest BCUT2D eigenvalue weighted by atomic mass is 32.2. The van der Waals surface area contributed by atoms with Crippen LogP contribution in [0.5, 0.6) is 0 Å². The molecule has 0 atom stereocenters. The van der Waals surface area contributed by atoms with Crippen LogP contribution in [0.3, 0.4) is 0 Å². The van der Waals surface area contributed by atoms with Crippen molar-refractivity contribution in [2.24, 2.45) is 0 Å². The number of sulfonamides is 1. The Labute approximate surface area is 230 Å². The Morgan fingerprint density at radius 1 is 1.03 bits per heavy atom. The highest BCUT2D eigenvalue weighted by Crippen LogP contribution is 2.32. The molecule has 1 heterocycles. The number of thioether (sulfide) groups is 1. The molecular weight excluding hydrogens is 540 g/mol. The average Bonchev–Trinajstić information content (AvgIpc) is 3.31. The van der Waals surface area contributed by atoms with Crippen molar-refractivity contribution in [1.82, 2.24) is 19.1 Å². The predicted octanol–water partition coefficient (Wildman–Crippen LogP) is 4.44. The highest BCUT2D eigenvalue weighted by molar-refractivity contribution is 7.99. The molecule has 0 unspecified atom stereocenters. The van der Waals surface area contributed by atoms with E-state index in [9.17, 15) is 23.3 Å². The molecule has 0 aliphatic carbocycles. The number of hydrogen-bond acceptors (Lipinski definition) is 8. The fraction of sp³-hybridized carbons (Fsp3) is 0.192. The smallest absolute Gasteiger partial charge is 0.269 e. The van der Waals surface area contributed by atoms with Crippen LogP contribution in [0.4, 0.5) is 11.4 Å². The molecule has 3 aromatic carbocycles. The molecule has 13 heteroatoms. The van der Waals surface area contributed by atoms with E-state index >= 15 is 0 Å². The third-order valence-corrected chi connectivity index (χ3v) is 8.60. The zero-order chi connectivity index (χ0) is 28.3. The van der Waals surface area contributed by atoms with Crippen LogP contribution < -0.4 is 5.32 Å². The maximum Gasteiger partial charge on any atom is 0.269 e. The highest BCUT2D eigenvalue weighted by Gasteiger charge is 2.23. The van der Waals surface area contributed by atoms with Gasteiger partial charge in [0.2, 0.25) is 15.9 Å². The van der Waals surface area contributed by atoms with Crippen molar-refractivity contribution >= 4 is 39.1 Å². The quantitative estimate of drug-likeness (QED) is 0.178. The SMILES string of the molecule is Cc1cccc(C)c1-n1c(SCC(=O)Nc2ccc([N+](=O)[O-])cc2)nnc1-c1cccc(S(=O)(=O)N(C)C)c1. The van der Waals surface area contributed by atoms with E-state index in [0.717, 1.165) is 21.1 Å². The van der Waals surface area contributed by atoms with Gasteiger partial charge in [0.15, 0.2) is 11.0 Å². The molecule has 0 saturated carbocycles. The lowest BCUT2D eigenvalue weighted by atomic mass is 10.1. The molecule has 0 aliphatic rings. The van der Waals surface area contributed by atoms with Gasteiger partial charge in [0, 0.05) is 37.5 Å². The van der Waals surface area contributed by atoms with E-state index in [4.69, 9.17) is 0 Å². The number of hydrogen-bond donors (Lipinski definition) is 1. The Bertz CT molecular complexity index is 1630. The summed E-state index contributed by atoms with van der Waals surface area (Å²) < 4.78 is 28.5. The Balaban J connectivity index is 1.68. The zero-order valence-corrected chi connectivity index (χ0v) is 23.3. The Hall–Kier alpha value is -4.07. The van der Waals surface area contributed by atoms with Gasteiger partial charge in [-0.05, 0) is 49.2 Å². The van der Waals surface area contributed by atoms with E-state index in [-0.39, 0.29) is 22.2 Å². The monoisotopic (exact) mass is 566 g/mol. The van der Waals surface area contributed by atoms with Gasteiger partial charge in [-0.2, -0.15) is 0 Å². The van der Waals surface area contributed by atoms with Gasteiger partial charge in [-0.15, -0.1) is 10.2 Å². The first-order valence-electron chi connectivity index (χ1n) is 11.7. The number of carbonyl (C=O) groups excluding carboxylic acids is 1. The number of rotatable bonds is 9. The minimum absolute atomic E-state index is 0.00486. The molecule has 4 aromatic rings. The first kappa shape index (κ1) is 28.0. The van der Waals surface area contributed by atoms with Gasteiger partial charge in [-0.25, -0.2) is 12.7 Å². The number of nitro groups is 1. The van der Waals surface area contributed by atoms with E-state index in [2.05, 4.69) is 15.5 Å². The van der Waals surface area contributed by atoms with Crippen LogP contribution in [0.15, 0.2) is 76.8 Å². The van der Waals surface area contributed by atoms with Gasteiger partial charge in [0.05, 0.1) is 21.3 Å². The number of anilines is 1.